The predicted octanol–water partition coefficient (Wildman–Crippen LogP) is 4.71. The van der Waals surface area contributed by atoms with Gasteiger partial charge in [0.15, 0.2) is 0 Å². The molecular weight excluding hydrogens is 464 g/mol. The van der Waals surface area contributed by atoms with E-state index in [4.69, 9.17) is 0 Å². The minimum absolute atomic E-state index is 0.0130. The molecular formula is C28H31F2N3O3. The Morgan fingerprint density at radius 2 is 1.67 bits per heavy atom. The lowest BCUT2D eigenvalue weighted by molar-refractivity contribution is -0.114. The van der Waals surface area contributed by atoms with Crippen LogP contribution in [0.2, 0.25) is 0 Å². The zero-order valence-corrected chi connectivity index (χ0v) is 20.4. The number of rotatable bonds is 11. The minimum atomic E-state index is -0.690. The third kappa shape index (κ3) is 8.16. The van der Waals surface area contributed by atoms with Crippen molar-refractivity contribution in [3.05, 3.63) is 94.6 Å². The number of carbonyl (C=O) groups excluding carboxylic acids is 2. The van der Waals surface area contributed by atoms with Gasteiger partial charge < -0.3 is 21.1 Å². The Bertz CT molecular complexity index is 1200. The summed E-state index contributed by atoms with van der Waals surface area (Å²) in [6.07, 6.45) is 1.62. The summed E-state index contributed by atoms with van der Waals surface area (Å²) >= 11 is 0. The topological polar surface area (TPSA) is 90.5 Å². The van der Waals surface area contributed by atoms with Crippen LogP contribution >= 0.6 is 0 Å². The molecule has 8 heteroatoms. The van der Waals surface area contributed by atoms with Crippen LogP contribution in [-0.4, -0.2) is 29.5 Å². The van der Waals surface area contributed by atoms with E-state index in [1.807, 2.05) is 12.1 Å². The SMILES string of the molecule is CCc1cccc(CNCC[C@H](Cc2cc(F)cc(F)c2)NC(=O)c2cc(NC(C)=O)ccc2O)c1. The number of phenolic OH excluding ortho intramolecular Hbond substituents is 1. The third-order valence-electron chi connectivity index (χ3n) is 5.70. The molecule has 3 rings (SSSR count). The van der Waals surface area contributed by atoms with Crippen LogP contribution < -0.4 is 16.0 Å². The summed E-state index contributed by atoms with van der Waals surface area (Å²) in [7, 11) is 0. The molecule has 0 radical (unpaired) electrons. The van der Waals surface area contributed by atoms with Gasteiger partial charge in [0.1, 0.15) is 17.4 Å². The van der Waals surface area contributed by atoms with Gasteiger partial charge >= 0.3 is 0 Å². The van der Waals surface area contributed by atoms with Crippen molar-refractivity contribution >= 4 is 17.5 Å². The summed E-state index contributed by atoms with van der Waals surface area (Å²) < 4.78 is 27.5. The molecule has 0 fully saturated rings. The Balaban J connectivity index is 1.71. The summed E-state index contributed by atoms with van der Waals surface area (Å²) in [6.45, 7) is 4.62. The van der Waals surface area contributed by atoms with E-state index in [1.54, 1.807) is 0 Å². The van der Waals surface area contributed by atoms with Crippen LogP contribution in [0.4, 0.5) is 14.5 Å². The number of nitrogens with one attached hydrogen (secondary N) is 3. The molecule has 6 nitrogen and oxygen atoms in total. The van der Waals surface area contributed by atoms with Crippen molar-refractivity contribution in [1.82, 2.24) is 10.6 Å². The summed E-state index contributed by atoms with van der Waals surface area (Å²) in [5.74, 6) is -2.49. The summed E-state index contributed by atoms with van der Waals surface area (Å²) in [5.41, 5.74) is 3.14. The number of phenols is 1. The Morgan fingerprint density at radius 3 is 2.36 bits per heavy atom. The average molecular weight is 496 g/mol. The first-order valence-electron chi connectivity index (χ1n) is 11.9. The van der Waals surface area contributed by atoms with Crippen molar-refractivity contribution in [3.8, 4) is 5.75 Å². The molecule has 0 unspecified atom stereocenters. The highest BCUT2D eigenvalue weighted by Gasteiger charge is 2.18. The minimum Gasteiger partial charge on any atom is -0.507 e. The van der Waals surface area contributed by atoms with Gasteiger partial charge in [-0.1, -0.05) is 31.2 Å². The van der Waals surface area contributed by atoms with Gasteiger partial charge in [0, 0.05) is 31.3 Å². The van der Waals surface area contributed by atoms with E-state index in [0.29, 0.717) is 30.8 Å². The molecule has 0 aromatic heterocycles. The Labute approximate surface area is 209 Å². The van der Waals surface area contributed by atoms with E-state index in [2.05, 4.69) is 35.0 Å². The quantitative estimate of drug-likeness (QED) is 0.229. The molecule has 0 aliphatic heterocycles. The molecule has 4 N–H and O–H groups in total. The van der Waals surface area contributed by atoms with Crippen molar-refractivity contribution in [1.29, 1.82) is 0 Å². The molecule has 0 spiro atoms. The molecule has 3 aromatic carbocycles. The van der Waals surface area contributed by atoms with E-state index < -0.39 is 23.6 Å². The summed E-state index contributed by atoms with van der Waals surface area (Å²) in [4.78, 5) is 24.4. The van der Waals surface area contributed by atoms with Crippen molar-refractivity contribution in [2.45, 2.75) is 45.7 Å². The molecule has 0 saturated heterocycles. The van der Waals surface area contributed by atoms with Gasteiger partial charge in [0.25, 0.3) is 5.91 Å². The highest BCUT2D eigenvalue weighted by molar-refractivity contribution is 5.99. The molecule has 36 heavy (non-hydrogen) atoms. The van der Waals surface area contributed by atoms with Gasteiger partial charge in [-0.05, 0) is 72.8 Å². The van der Waals surface area contributed by atoms with Crippen molar-refractivity contribution in [2.24, 2.45) is 0 Å². The summed E-state index contributed by atoms with van der Waals surface area (Å²) in [6, 6.07) is 15.2. The Morgan fingerprint density at radius 1 is 0.944 bits per heavy atom. The Hall–Kier alpha value is -3.78. The number of aryl methyl sites for hydroxylation is 1. The molecule has 2 amide bonds. The van der Waals surface area contributed by atoms with E-state index in [-0.39, 0.29) is 23.6 Å². The van der Waals surface area contributed by atoms with Crippen LogP contribution in [0.5, 0.6) is 5.75 Å². The number of carbonyl (C=O) groups is 2. The van der Waals surface area contributed by atoms with Crippen LogP contribution in [0, 0.1) is 11.6 Å². The molecule has 0 aliphatic rings. The van der Waals surface area contributed by atoms with Crippen LogP contribution in [0.15, 0.2) is 60.7 Å². The van der Waals surface area contributed by atoms with Gasteiger partial charge in [0.05, 0.1) is 5.56 Å². The van der Waals surface area contributed by atoms with Crippen molar-refractivity contribution < 1.29 is 23.5 Å². The molecule has 3 aromatic rings. The second-order valence-electron chi connectivity index (χ2n) is 8.70. The number of hydrogen-bond donors (Lipinski definition) is 4. The number of anilines is 1. The van der Waals surface area contributed by atoms with Gasteiger partial charge in [-0.3, -0.25) is 9.59 Å². The Kier molecular flexibility index (Phi) is 9.53. The third-order valence-corrected chi connectivity index (χ3v) is 5.70. The van der Waals surface area contributed by atoms with E-state index in [9.17, 15) is 23.5 Å². The highest BCUT2D eigenvalue weighted by Crippen LogP contribution is 2.22. The number of aromatic hydroxyl groups is 1. The second kappa shape index (κ2) is 12.8. The molecule has 1 atom stereocenters. The maximum atomic E-state index is 13.8. The maximum absolute atomic E-state index is 13.8. The number of benzene rings is 3. The standard InChI is InChI=1S/C28H31F2N3O3/c1-3-19-5-4-6-20(11-19)17-31-10-9-25(14-21-12-22(29)15-23(30)13-21)33-28(36)26-16-24(32-18(2)34)7-8-27(26)35/h4-8,11-13,15-16,25,31,35H,3,9-10,14,17H2,1-2H3,(H,32,34)(H,33,36)/t25-/m1/s1. The smallest absolute Gasteiger partial charge is 0.255 e. The van der Waals surface area contributed by atoms with Gasteiger partial charge in [-0.2, -0.15) is 0 Å². The van der Waals surface area contributed by atoms with E-state index in [0.717, 1.165) is 18.1 Å². The van der Waals surface area contributed by atoms with Gasteiger partial charge in [0.2, 0.25) is 5.91 Å². The second-order valence-corrected chi connectivity index (χ2v) is 8.70. The fourth-order valence-corrected chi connectivity index (χ4v) is 3.97. The first-order valence-corrected chi connectivity index (χ1v) is 11.9. The zero-order valence-electron chi connectivity index (χ0n) is 20.4. The van der Waals surface area contributed by atoms with Gasteiger partial charge in [-0.15, -0.1) is 0 Å². The average Bonchev–Trinajstić information content (AvgIpc) is 2.82. The van der Waals surface area contributed by atoms with E-state index >= 15 is 0 Å². The monoisotopic (exact) mass is 495 g/mol. The van der Waals surface area contributed by atoms with Crippen LogP contribution in [0.25, 0.3) is 0 Å². The van der Waals surface area contributed by atoms with Crippen molar-refractivity contribution in [2.75, 3.05) is 11.9 Å². The number of amides is 2. The van der Waals surface area contributed by atoms with Crippen LogP contribution in [0.1, 0.15) is 47.3 Å². The maximum Gasteiger partial charge on any atom is 0.255 e. The molecule has 0 heterocycles. The number of halogens is 2. The summed E-state index contributed by atoms with van der Waals surface area (Å²) in [5, 5.41) is 19.0. The first kappa shape index (κ1) is 26.8. The first-order chi connectivity index (χ1) is 17.2. The lowest BCUT2D eigenvalue weighted by Crippen LogP contribution is -2.38. The molecule has 0 aliphatic carbocycles. The van der Waals surface area contributed by atoms with Gasteiger partial charge in [-0.25, -0.2) is 8.78 Å². The molecule has 0 saturated carbocycles. The lowest BCUT2D eigenvalue weighted by Gasteiger charge is -2.20. The van der Waals surface area contributed by atoms with E-state index in [1.165, 1.54) is 42.8 Å². The highest BCUT2D eigenvalue weighted by atomic mass is 19.1. The normalized spacial score (nSPS) is 11.7. The zero-order chi connectivity index (χ0) is 26.1. The van der Waals surface area contributed by atoms with Crippen LogP contribution in [0.3, 0.4) is 0 Å². The van der Waals surface area contributed by atoms with Crippen molar-refractivity contribution in [3.63, 3.8) is 0 Å². The molecule has 190 valence electrons. The lowest BCUT2D eigenvalue weighted by atomic mass is 10.0. The number of hydrogen-bond acceptors (Lipinski definition) is 4. The predicted molar refractivity (Wildman–Crippen MR) is 136 cm³/mol. The van der Waals surface area contributed by atoms with Crippen LogP contribution in [-0.2, 0) is 24.2 Å². The fourth-order valence-electron chi connectivity index (χ4n) is 3.97. The largest absolute Gasteiger partial charge is 0.507 e. The fraction of sp³-hybridized carbons (Fsp3) is 0.286. The molecule has 0 bridgehead atoms.